The van der Waals surface area contributed by atoms with E-state index in [0.29, 0.717) is 0 Å². The minimum absolute atomic E-state index is 0.317. The monoisotopic (exact) mass is 281 g/mol. The van der Waals surface area contributed by atoms with E-state index in [-0.39, 0.29) is 11.6 Å². The molecule has 0 saturated carbocycles. The predicted octanol–water partition coefficient (Wildman–Crippen LogP) is 4.08. The van der Waals surface area contributed by atoms with Gasteiger partial charge >= 0.3 is 6.09 Å². The first kappa shape index (κ1) is 15.9. The third-order valence-electron chi connectivity index (χ3n) is 2.18. The van der Waals surface area contributed by atoms with Crippen LogP contribution in [-0.4, -0.2) is 23.0 Å². The van der Waals surface area contributed by atoms with Crippen LogP contribution in [0.4, 0.5) is 4.79 Å². The molecule has 19 heavy (non-hydrogen) atoms. The molecule has 0 radical (unpaired) electrons. The van der Waals surface area contributed by atoms with Crippen molar-refractivity contribution in [3.05, 3.63) is 30.3 Å². The summed E-state index contributed by atoms with van der Waals surface area (Å²) in [4.78, 5) is 12.9. The van der Waals surface area contributed by atoms with Crippen molar-refractivity contribution in [3.63, 3.8) is 0 Å². The Morgan fingerprint density at radius 1 is 1.16 bits per heavy atom. The van der Waals surface area contributed by atoms with E-state index in [1.54, 1.807) is 11.8 Å². The Hall–Kier alpha value is -1.16. The molecule has 0 atom stereocenters. The molecule has 3 nitrogen and oxygen atoms in total. The molecule has 1 aromatic carbocycles. The normalized spacial score (nSPS) is 12.1. The lowest BCUT2D eigenvalue weighted by Gasteiger charge is -2.28. The van der Waals surface area contributed by atoms with Crippen LogP contribution in [0.3, 0.4) is 0 Å². The first-order chi connectivity index (χ1) is 8.68. The Labute approximate surface area is 120 Å². The molecule has 1 aromatic rings. The van der Waals surface area contributed by atoms with Crippen molar-refractivity contribution in [2.24, 2.45) is 0 Å². The van der Waals surface area contributed by atoms with E-state index in [4.69, 9.17) is 4.74 Å². The Morgan fingerprint density at radius 2 is 1.74 bits per heavy atom. The van der Waals surface area contributed by atoms with Crippen LogP contribution in [0.25, 0.3) is 0 Å². The maximum atomic E-state index is 11.7. The molecule has 1 N–H and O–H groups in total. The molecule has 0 fully saturated rings. The van der Waals surface area contributed by atoms with Crippen LogP contribution in [0.2, 0.25) is 0 Å². The number of hydrogen-bond donors (Lipinski definition) is 1. The highest BCUT2D eigenvalue weighted by molar-refractivity contribution is 7.99. The van der Waals surface area contributed by atoms with Crippen LogP contribution in [0, 0.1) is 0 Å². The zero-order valence-electron chi connectivity index (χ0n) is 12.3. The topological polar surface area (TPSA) is 38.3 Å². The summed E-state index contributed by atoms with van der Waals surface area (Å²) >= 11 is 1.72. The molecule has 0 bridgehead atoms. The molecule has 4 heteroatoms. The average molecular weight is 281 g/mol. The fourth-order valence-corrected chi connectivity index (χ4v) is 2.35. The van der Waals surface area contributed by atoms with E-state index in [0.717, 1.165) is 5.75 Å². The van der Waals surface area contributed by atoms with Crippen LogP contribution in [0.5, 0.6) is 0 Å². The number of ether oxygens (including phenoxy) is 1. The number of benzene rings is 1. The highest BCUT2D eigenvalue weighted by Crippen LogP contribution is 2.22. The van der Waals surface area contributed by atoms with Crippen LogP contribution < -0.4 is 5.32 Å². The van der Waals surface area contributed by atoms with Gasteiger partial charge in [0.15, 0.2) is 0 Å². The summed E-state index contributed by atoms with van der Waals surface area (Å²) in [7, 11) is 0. The standard InChI is InChI=1S/C15H23NO2S/c1-14(2,3)18-13(17)16-15(4,5)11-19-12-9-7-6-8-10-12/h6-10H,11H2,1-5H3,(H,16,17). The van der Waals surface area contributed by atoms with Gasteiger partial charge in [0.1, 0.15) is 5.60 Å². The molecule has 0 heterocycles. The van der Waals surface area contributed by atoms with Crippen LogP contribution in [0.15, 0.2) is 35.2 Å². The second kappa shape index (κ2) is 6.33. The molecule has 106 valence electrons. The number of amides is 1. The number of hydrogen-bond acceptors (Lipinski definition) is 3. The fraction of sp³-hybridized carbons (Fsp3) is 0.533. The molecule has 0 aliphatic carbocycles. The fourth-order valence-electron chi connectivity index (χ4n) is 1.40. The van der Waals surface area contributed by atoms with E-state index in [9.17, 15) is 4.79 Å². The Kier molecular flexibility index (Phi) is 5.29. The quantitative estimate of drug-likeness (QED) is 0.845. The van der Waals surface area contributed by atoms with Gasteiger partial charge in [-0.1, -0.05) is 18.2 Å². The Balaban J connectivity index is 2.45. The summed E-state index contributed by atoms with van der Waals surface area (Å²) < 4.78 is 5.27. The Morgan fingerprint density at radius 3 is 2.26 bits per heavy atom. The SMILES string of the molecule is CC(C)(CSc1ccccc1)NC(=O)OC(C)(C)C. The smallest absolute Gasteiger partial charge is 0.408 e. The van der Waals surface area contributed by atoms with E-state index < -0.39 is 5.60 Å². The Bertz CT molecular complexity index is 410. The van der Waals surface area contributed by atoms with Crippen molar-refractivity contribution in [3.8, 4) is 0 Å². The van der Waals surface area contributed by atoms with Crippen LogP contribution in [-0.2, 0) is 4.74 Å². The van der Waals surface area contributed by atoms with E-state index in [1.165, 1.54) is 4.90 Å². The van der Waals surface area contributed by atoms with Gasteiger partial charge in [0.05, 0.1) is 0 Å². The second-order valence-electron chi connectivity index (χ2n) is 6.11. The van der Waals surface area contributed by atoms with Crippen molar-refractivity contribution < 1.29 is 9.53 Å². The van der Waals surface area contributed by atoms with Gasteiger partial charge in [-0.3, -0.25) is 0 Å². The third kappa shape index (κ3) is 7.11. The highest BCUT2D eigenvalue weighted by Gasteiger charge is 2.24. The van der Waals surface area contributed by atoms with Crippen molar-refractivity contribution in [2.75, 3.05) is 5.75 Å². The summed E-state index contributed by atoms with van der Waals surface area (Å²) in [5.74, 6) is 0.788. The number of nitrogens with one attached hydrogen (secondary N) is 1. The average Bonchev–Trinajstić information content (AvgIpc) is 2.24. The van der Waals surface area contributed by atoms with Gasteiger partial charge < -0.3 is 10.1 Å². The van der Waals surface area contributed by atoms with Crippen molar-refractivity contribution in [1.29, 1.82) is 0 Å². The molecular weight excluding hydrogens is 258 g/mol. The van der Waals surface area contributed by atoms with Crippen molar-refractivity contribution in [2.45, 2.75) is 50.7 Å². The number of thioether (sulfide) groups is 1. The van der Waals surface area contributed by atoms with Crippen molar-refractivity contribution >= 4 is 17.9 Å². The molecule has 0 aliphatic rings. The molecule has 1 amide bonds. The molecule has 0 saturated heterocycles. The molecular formula is C15H23NO2S. The largest absolute Gasteiger partial charge is 0.444 e. The minimum atomic E-state index is -0.466. The summed E-state index contributed by atoms with van der Waals surface area (Å²) in [6.07, 6.45) is -0.369. The summed E-state index contributed by atoms with van der Waals surface area (Å²) in [6, 6.07) is 10.1. The maximum Gasteiger partial charge on any atom is 0.408 e. The van der Waals surface area contributed by atoms with Gasteiger partial charge in [0, 0.05) is 16.2 Å². The zero-order chi connectivity index (χ0) is 14.5. The van der Waals surface area contributed by atoms with Gasteiger partial charge in [0.25, 0.3) is 0 Å². The maximum absolute atomic E-state index is 11.7. The molecule has 0 aromatic heterocycles. The van der Waals surface area contributed by atoms with E-state index in [2.05, 4.69) is 17.4 Å². The molecule has 0 aliphatic heterocycles. The summed E-state index contributed by atoms with van der Waals surface area (Å²) in [6.45, 7) is 9.56. The van der Waals surface area contributed by atoms with Gasteiger partial charge in [-0.05, 0) is 46.8 Å². The molecule has 0 spiro atoms. The highest BCUT2D eigenvalue weighted by atomic mass is 32.2. The van der Waals surface area contributed by atoms with Crippen LogP contribution in [0.1, 0.15) is 34.6 Å². The first-order valence-corrected chi connectivity index (χ1v) is 7.36. The zero-order valence-corrected chi connectivity index (χ0v) is 13.1. The van der Waals surface area contributed by atoms with Crippen LogP contribution >= 0.6 is 11.8 Å². The molecule has 1 rings (SSSR count). The third-order valence-corrected chi connectivity index (χ3v) is 3.65. The second-order valence-corrected chi connectivity index (χ2v) is 7.16. The summed E-state index contributed by atoms with van der Waals surface area (Å²) in [5.41, 5.74) is -0.782. The van der Waals surface area contributed by atoms with E-state index >= 15 is 0 Å². The first-order valence-electron chi connectivity index (χ1n) is 6.37. The van der Waals surface area contributed by atoms with Gasteiger partial charge in [0.2, 0.25) is 0 Å². The number of rotatable bonds is 4. The minimum Gasteiger partial charge on any atom is -0.444 e. The lowest BCUT2D eigenvalue weighted by molar-refractivity contribution is 0.0482. The van der Waals surface area contributed by atoms with Gasteiger partial charge in [-0.2, -0.15) is 0 Å². The number of alkyl carbamates (subject to hydrolysis) is 1. The van der Waals surface area contributed by atoms with E-state index in [1.807, 2.05) is 52.8 Å². The lowest BCUT2D eigenvalue weighted by Crippen LogP contribution is -2.47. The van der Waals surface area contributed by atoms with Crippen molar-refractivity contribution in [1.82, 2.24) is 5.32 Å². The number of carbonyl (C=O) groups excluding carboxylic acids is 1. The predicted molar refractivity (Wildman–Crippen MR) is 80.6 cm³/mol. The lowest BCUT2D eigenvalue weighted by atomic mass is 10.1. The number of carbonyl (C=O) groups is 1. The molecule has 0 unspecified atom stereocenters. The summed E-state index contributed by atoms with van der Waals surface area (Å²) in [5, 5.41) is 2.90. The van der Waals surface area contributed by atoms with Gasteiger partial charge in [-0.25, -0.2) is 4.79 Å². The van der Waals surface area contributed by atoms with Gasteiger partial charge in [-0.15, -0.1) is 11.8 Å².